The van der Waals surface area contributed by atoms with Crippen LogP contribution in [0, 0.1) is 6.92 Å². The molecule has 1 aromatic heterocycles. The third kappa shape index (κ3) is 3.49. The first-order valence-electron chi connectivity index (χ1n) is 11.1. The molecular formula is C24H31N3O4S. The normalized spacial score (nSPS) is 18.7. The molecule has 1 fully saturated rings. The molecule has 0 unspecified atom stereocenters. The van der Waals surface area contributed by atoms with Crippen molar-refractivity contribution in [2.75, 3.05) is 26.7 Å². The van der Waals surface area contributed by atoms with Gasteiger partial charge in [0.15, 0.2) is 16.1 Å². The summed E-state index contributed by atoms with van der Waals surface area (Å²) in [5.74, 6) is -0.0705. The Balaban J connectivity index is 1.54. The lowest BCUT2D eigenvalue weighted by Gasteiger charge is -2.50. The summed E-state index contributed by atoms with van der Waals surface area (Å²) >= 11 is 0. The number of aromatic nitrogens is 1. The summed E-state index contributed by atoms with van der Waals surface area (Å²) in [6.07, 6.45) is 2.49. The minimum atomic E-state index is -3.39. The Morgan fingerprint density at radius 1 is 1.06 bits per heavy atom. The Morgan fingerprint density at radius 3 is 2.34 bits per heavy atom. The Bertz CT molecular complexity index is 1160. The van der Waals surface area contributed by atoms with E-state index in [4.69, 9.17) is 0 Å². The van der Waals surface area contributed by atoms with E-state index in [1.54, 1.807) is 39.0 Å². The molecule has 3 heterocycles. The molecule has 1 saturated heterocycles. The molecule has 172 valence electrons. The van der Waals surface area contributed by atoms with E-state index in [1.807, 2.05) is 17.0 Å². The van der Waals surface area contributed by atoms with Crippen LogP contribution in [0.3, 0.4) is 0 Å². The monoisotopic (exact) mass is 457 g/mol. The smallest absolute Gasteiger partial charge is 0.253 e. The molecular weight excluding hydrogens is 426 g/mol. The van der Waals surface area contributed by atoms with Crippen molar-refractivity contribution in [3.8, 4) is 0 Å². The maximum atomic E-state index is 13.2. The van der Waals surface area contributed by atoms with Crippen LogP contribution in [0.5, 0.6) is 0 Å². The zero-order valence-electron chi connectivity index (χ0n) is 19.2. The summed E-state index contributed by atoms with van der Waals surface area (Å²) in [4.78, 5) is 29.1. The number of piperidine rings is 1. The third-order valence-corrected chi connectivity index (χ3v) is 9.54. The number of likely N-dealkylation sites (N-methyl/N-ethyl adjacent to an activating group) is 1. The van der Waals surface area contributed by atoms with Crippen LogP contribution in [-0.4, -0.2) is 66.9 Å². The minimum absolute atomic E-state index is 0.0705. The Hall–Kier alpha value is -2.45. The number of likely N-dealkylation sites (tertiary alicyclic amines) is 1. The van der Waals surface area contributed by atoms with E-state index in [9.17, 15) is 18.0 Å². The van der Waals surface area contributed by atoms with Crippen molar-refractivity contribution in [1.29, 1.82) is 0 Å². The first-order chi connectivity index (χ1) is 15.1. The maximum Gasteiger partial charge on any atom is 0.253 e. The van der Waals surface area contributed by atoms with Crippen LogP contribution in [0.4, 0.5) is 0 Å². The lowest BCUT2D eigenvalue weighted by Crippen LogP contribution is -2.56. The molecule has 32 heavy (non-hydrogen) atoms. The van der Waals surface area contributed by atoms with Crippen LogP contribution >= 0.6 is 0 Å². The Kier molecular flexibility index (Phi) is 5.79. The predicted molar refractivity (Wildman–Crippen MR) is 123 cm³/mol. The number of aryl methyl sites for hydroxylation is 1. The van der Waals surface area contributed by atoms with Gasteiger partial charge in [-0.1, -0.05) is 0 Å². The molecule has 2 aromatic rings. The molecule has 0 aliphatic carbocycles. The van der Waals surface area contributed by atoms with E-state index < -0.39 is 15.1 Å². The average molecular weight is 458 g/mol. The zero-order chi connectivity index (χ0) is 23.3. The molecule has 1 amide bonds. The van der Waals surface area contributed by atoms with Crippen molar-refractivity contribution in [2.24, 2.45) is 0 Å². The third-order valence-electron chi connectivity index (χ3n) is 7.23. The number of aldehydes is 1. The van der Waals surface area contributed by atoms with E-state index in [-0.39, 0.29) is 16.3 Å². The molecule has 0 saturated carbocycles. The number of hydrogen-bond donors (Lipinski definition) is 0. The van der Waals surface area contributed by atoms with E-state index in [1.165, 1.54) is 0 Å². The number of rotatable bonds is 4. The average Bonchev–Trinajstić information content (AvgIpc) is 3.20. The summed E-state index contributed by atoms with van der Waals surface area (Å²) in [6, 6.07) is 8.82. The molecule has 2 aliphatic heterocycles. The lowest BCUT2D eigenvalue weighted by atomic mass is 9.81. The largest absolute Gasteiger partial charge is 0.339 e. The van der Waals surface area contributed by atoms with Crippen LogP contribution in [0.2, 0.25) is 0 Å². The van der Waals surface area contributed by atoms with Gasteiger partial charge < -0.3 is 9.47 Å². The van der Waals surface area contributed by atoms with Crippen LogP contribution in [0.25, 0.3) is 0 Å². The molecule has 2 aliphatic rings. The first-order valence-corrected chi connectivity index (χ1v) is 12.7. The van der Waals surface area contributed by atoms with Crippen LogP contribution in [0.1, 0.15) is 58.8 Å². The molecule has 1 aromatic carbocycles. The molecule has 0 atom stereocenters. The van der Waals surface area contributed by atoms with Gasteiger partial charge in [0.2, 0.25) is 0 Å². The van der Waals surface area contributed by atoms with Gasteiger partial charge in [-0.05, 0) is 76.6 Å². The molecule has 1 spiro atoms. The van der Waals surface area contributed by atoms with Gasteiger partial charge in [0.25, 0.3) is 5.91 Å². The number of hydrogen-bond acceptors (Lipinski definition) is 5. The SMILES string of the molecule is Cc1cc(C(=O)N2CCC3(CC2)c2ccc(C=O)n2CCN3C)ccc1S(=O)(=O)C(C)C. The summed E-state index contributed by atoms with van der Waals surface area (Å²) < 4.78 is 27.2. The second-order valence-electron chi connectivity index (χ2n) is 9.23. The Morgan fingerprint density at radius 2 is 1.75 bits per heavy atom. The van der Waals surface area contributed by atoms with Gasteiger partial charge >= 0.3 is 0 Å². The van der Waals surface area contributed by atoms with Crippen molar-refractivity contribution >= 4 is 22.0 Å². The summed E-state index contributed by atoms with van der Waals surface area (Å²) in [5.41, 5.74) is 2.80. The van der Waals surface area contributed by atoms with Gasteiger partial charge in [0, 0.05) is 37.4 Å². The van der Waals surface area contributed by atoms with Crippen LogP contribution < -0.4 is 0 Å². The highest BCUT2D eigenvalue weighted by molar-refractivity contribution is 7.92. The van der Waals surface area contributed by atoms with Gasteiger partial charge in [-0.3, -0.25) is 14.5 Å². The van der Waals surface area contributed by atoms with Crippen LogP contribution in [-0.2, 0) is 21.9 Å². The van der Waals surface area contributed by atoms with E-state index >= 15 is 0 Å². The number of amides is 1. The maximum absolute atomic E-state index is 13.2. The number of nitrogens with zero attached hydrogens (tertiary/aromatic N) is 3. The zero-order valence-corrected chi connectivity index (χ0v) is 20.0. The number of carbonyl (C=O) groups is 2. The van der Waals surface area contributed by atoms with Crippen LogP contribution in [0.15, 0.2) is 35.2 Å². The summed E-state index contributed by atoms with van der Waals surface area (Å²) in [5, 5.41) is -0.507. The van der Waals surface area contributed by atoms with Gasteiger partial charge in [-0.25, -0.2) is 8.42 Å². The highest BCUT2D eigenvalue weighted by atomic mass is 32.2. The minimum Gasteiger partial charge on any atom is -0.339 e. The van der Waals surface area contributed by atoms with Crippen molar-refractivity contribution in [2.45, 2.75) is 55.8 Å². The van der Waals surface area contributed by atoms with E-state index in [2.05, 4.69) is 16.5 Å². The number of carbonyl (C=O) groups excluding carboxylic acids is 2. The molecule has 7 nitrogen and oxygen atoms in total. The van der Waals surface area contributed by atoms with Gasteiger partial charge in [-0.15, -0.1) is 0 Å². The number of benzene rings is 1. The second kappa shape index (κ2) is 8.15. The van der Waals surface area contributed by atoms with Gasteiger partial charge in [0.1, 0.15) is 0 Å². The molecule has 0 N–H and O–H groups in total. The van der Waals surface area contributed by atoms with Gasteiger partial charge in [-0.2, -0.15) is 0 Å². The number of fused-ring (bicyclic) bond motifs is 2. The fourth-order valence-electron chi connectivity index (χ4n) is 5.16. The predicted octanol–water partition coefficient (Wildman–Crippen LogP) is 2.87. The Labute approximate surface area is 189 Å². The highest BCUT2D eigenvalue weighted by Crippen LogP contribution is 2.41. The lowest BCUT2D eigenvalue weighted by molar-refractivity contribution is 0.0129. The summed E-state index contributed by atoms with van der Waals surface area (Å²) in [7, 11) is -1.27. The quantitative estimate of drug-likeness (QED) is 0.660. The van der Waals surface area contributed by atoms with Crippen molar-refractivity contribution in [3.05, 3.63) is 52.8 Å². The topological polar surface area (TPSA) is 79.7 Å². The molecule has 0 bridgehead atoms. The van der Waals surface area contributed by atoms with E-state index in [0.717, 1.165) is 37.9 Å². The fraction of sp³-hybridized carbons (Fsp3) is 0.500. The summed E-state index contributed by atoms with van der Waals surface area (Å²) in [6.45, 7) is 7.94. The van der Waals surface area contributed by atoms with Crippen molar-refractivity contribution < 1.29 is 18.0 Å². The van der Waals surface area contributed by atoms with Gasteiger partial charge in [0.05, 0.1) is 21.4 Å². The molecule has 4 rings (SSSR count). The van der Waals surface area contributed by atoms with Crippen molar-refractivity contribution in [3.63, 3.8) is 0 Å². The van der Waals surface area contributed by atoms with Crippen molar-refractivity contribution in [1.82, 2.24) is 14.4 Å². The standard InChI is InChI=1S/C24H31N3O4S/c1-17(2)32(30,31)21-7-5-19(15-18(21)3)23(29)26-11-9-24(10-12-26)22-8-6-20(16-28)27(22)14-13-25(24)4/h5-8,15-17H,9-14H2,1-4H3. The second-order valence-corrected chi connectivity index (χ2v) is 11.7. The fourth-order valence-corrected chi connectivity index (χ4v) is 6.43. The first kappa shape index (κ1) is 22.7. The van der Waals surface area contributed by atoms with E-state index in [0.29, 0.717) is 29.9 Å². The molecule has 0 radical (unpaired) electrons. The number of sulfone groups is 1. The highest BCUT2D eigenvalue weighted by Gasteiger charge is 2.45. The molecule has 8 heteroatoms.